The zero-order valence-electron chi connectivity index (χ0n) is 15.9. The van der Waals surface area contributed by atoms with E-state index in [2.05, 4.69) is 20.6 Å². The Labute approximate surface area is 178 Å². The first-order valence-corrected chi connectivity index (χ1v) is 10.7. The number of rotatable bonds is 13. The molecule has 0 fully saturated rings. The van der Waals surface area contributed by atoms with Crippen molar-refractivity contribution in [2.75, 3.05) is 18.8 Å². The van der Waals surface area contributed by atoms with Gasteiger partial charge in [-0.25, -0.2) is 0 Å². The van der Waals surface area contributed by atoms with Crippen LogP contribution >= 0.6 is 23.4 Å². The number of nitro groups is 1. The molecule has 156 valence electrons. The van der Waals surface area contributed by atoms with Crippen LogP contribution in [0.1, 0.15) is 24.2 Å². The van der Waals surface area contributed by atoms with Crippen LogP contribution in [0.15, 0.2) is 48.7 Å². The topological polar surface area (TPSA) is 113 Å². The molecule has 29 heavy (non-hydrogen) atoms. The van der Waals surface area contributed by atoms with Crippen molar-refractivity contribution in [2.45, 2.75) is 25.0 Å². The minimum Gasteiger partial charge on any atom is -0.506 e. The van der Waals surface area contributed by atoms with Crippen LogP contribution in [0.25, 0.3) is 0 Å². The summed E-state index contributed by atoms with van der Waals surface area (Å²) in [6.07, 6.45) is 6.57. The van der Waals surface area contributed by atoms with Gasteiger partial charge in [0.2, 0.25) is 0 Å². The summed E-state index contributed by atoms with van der Waals surface area (Å²) in [4.78, 5) is 18.7. The number of nitrogens with zero attached hydrogens (tertiary/aromatic N) is 3. The van der Waals surface area contributed by atoms with Gasteiger partial charge in [-0.05, 0) is 43.5 Å². The minimum absolute atomic E-state index is 0.143. The monoisotopic (exact) mass is 437 g/mol. The van der Waals surface area contributed by atoms with Crippen molar-refractivity contribution in [1.82, 2.24) is 20.6 Å². The molecular formula is C19H24ClN5O3S. The lowest BCUT2D eigenvalue weighted by Crippen LogP contribution is -2.29. The number of halogens is 1. The van der Waals surface area contributed by atoms with E-state index in [9.17, 15) is 15.2 Å². The molecule has 2 aromatic heterocycles. The number of pyridine rings is 2. The maximum atomic E-state index is 10.8. The molecule has 0 aliphatic carbocycles. The smallest absolute Gasteiger partial charge is 0.274 e. The molecule has 0 radical (unpaired) electrons. The predicted octanol–water partition coefficient (Wildman–Crippen LogP) is 3.35. The van der Waals surface area contributed by atoms with E-state index < -0.39 is 4.92 Å². The molecule has 0 atom stereocenters. The molecule has 0 aliphatic rings. The Kier molecular flexibility index (Phi) is 10.1. The molecule has 3 N–H and O–H groups in total. The van der Waals surface area contributed by atoms with E-state index in [-0.39, 0.29) is 5.75 Å². The first-order valence-electron chi connectivity index (χ1n) is 9.18. The van der Waals surface area contributed by atoms with E-state index in [1.165, 1.54) is 6.20 Å². The molecule has 8 nitrogen and oxygen atoms in total. The summed E-state index contributed by atoms with van der Waals surface area (Å²) in [5, 5.41) is 26.8. The summed E-state index contributed by atoms with van der Waals surface area (Å²) in [5.74, 6) is 2.01. The molecule has 0 aromatic carbocycles. The zero-order valence-corrected chi connectivity index (χ0v) is 17.5. The van der Waals surface area contributed by atoms with E-state index >= 15 is 0 Å². The summed E-state index contributed by atoms with van der Waals surface area (Å²) in [7, 11) is 0. The lowest BCUT2D eigenvalue weighted by Gasteiger charge is -2.11. The van der Waals surface area contributed by atoms with Crippen molar-refractivity contribution in [3.05, 3.63) is 75.2 Å². The van der Waals surface area contributed by atoms with Gasteiger partial charge in [-0.1, -0.05) is 11.6 Å². The van der Waals surface area contributed by atoms with Gasteiger partial charge in [-0.2, -0.15) is 11.8 Å². The lowest BCUT2D eigenvalue weighted by atomic mass is 10.2. The van der Waals surface area contributed by atoms with E-state index in [4.69, 9.17) is 11.6 Å². The quantitative estimate of drug-likeness (QED) is 0.248. The van der Waals surface area contributed by atoms with E-state index in [0.717, 1.165) is 42.6 Å². The summed E-state index contributed by atoms with van der Waals surface area (Å²) in [6, 6.07) is 6.99. The first kappa shape index (κ1) is 22.8. The molecule has 0 spiro atoms. The van der Waals surface area contributed by atoms with Crippen LogP contribution < -0.4 is 10.6 Å². The maximum Gasteiger partial charge on any atom is 0.274 e. The Bertz CT molecular complexity index is 805. The summed E-state index contributed by atoms with van der Waals surface area (Å²) in [5.41, 5.74) is 1.74. The molecule has 0 saturated heterocycles. The molecule has 0 aliphatic heterocycles. The van der Waals surface area contributed by atoms with Gasteiger partial charge >= 0.3 is 0 Å². The summed E-state index contributed by atoms with van der Waals surface area (Å²) in [6.45, 7) is 1.20. The van der Waals surface area contributed by atoms with Gasteiger partial charge in [0.25, 0.3) is 6.20 Å². The highest BCUT2D eigenvalue weighted by Crippen LogP contribution is 2.14. The number of hydrogen-bond acceptors (Lipinski definition) is 8. The number of aromatic hydroxyl groups is 1. The second-order valence-corrected chi connectivity index (χ2v) is 7.64. The molecule has 2 aromatic rings. The van der Waals surface area contributed by atoms with Crippen molar-refractivity contribution in [2.24, 2.45) is 0 Å². The number of aryl methyl sites for hydroxylation is 1. The Hall–Kier alpha value is -2.52. The molecule has 2 rings (SSSR count). The highest BCUT2D eigenvalue weighted by molar-refractivity contribution is 7.98. The molecule has 2 heterocycles. The molecular weight excluding hydrogens is 414 g/mol. The number of thioether (sulfide) groups is 1. The SMILES string of the molecule is O=[N+]([O-])C=C(NCCCCc1ncccc1Cl)NCCSCc1ccc(O)cn1. The summed E-state index contributed by atoms with van der Waals surface area (Å²) >= 11 is 7.74. The fourth-order valence-corrected chi connectivity index (χ4v) is 3.43. The number of aromatic nitrogens is 2. The lowest BCUT2D eigenvalue weighted by molar-refractivity contribution is -0.404. The van der Waals surface area contributed by atoms with Crippen molar-refractivity contribution < 1.29 is 10.0 Å². The molecule has 0 bridgehead atoms. The molecule has 10 heteroatoms. The van der Waals surface area contributed by atoms with E-state index in [1.54, 1.807) is 36.2 Å². The van der Waals surface area contributed by atoms with Crippen LogP contribution in [0, 0.1) is 10.1 Å². The molecule has 0 amide bonds. The second-order valence-electron chi connectivity index (χ2n) is 6.13. The highest BCUT2D eigenvalue weighted by atomic mass is 35.5. The maximum absolute atomic E-state index is 10.8. The van der Waals surface area contributed by atoms with Gasteiger partial charge in [0.15, 0.2) is 5.82 Å². The number of unbranched alkanes of at least 4 members (excludes halogenated alkanes) is 1. The predicted molar refractivity (Wildman–Crippen MR) is 115 cm³/mol. The second kappa shape index (κ2) is 12.8. The number of nitrogens with one attached hydrogen (secondary N) is 2. The van der Waals surface area contributed by atoms with Crippen molar-refractivity contribution in [1.29, 1.82) is 0 Å². The average molecular weight is 438 g/mol. The van der Waals surface area contributed by atoms with Crippen LogP contribution in [-0.2, 0) is 12.2 Å². The van der Waals surface area contributed by atoms with Crippen LogP contribution in [0.3, 0.4) is 0 Å². The third-order valence-electron chi connectivity index (χ3n) is 3.85. The van der Waals surface area contributed by atoms with Crippen LogP contribution in [0.4, 0.5) is 0 Å². The van der Waals surface area contributed by atoms with E-state index in [1.807, 2.05) is 6.07 Å². The van der Waals surface area contributed by atoms with E-state index in [0.29, 0.717) is 29.7 Å². The normalized spacial score (nSPS) is 11.3. The average Bonchev–Trinajstić information content (AvgIpc) is 2.69. The Morgan fingerprint density at radius 3 is 2.79 bits per heavy atom. The third kappa shape index (κ3) is 9.49. The van der Waals surface area contributed by atoms with Gasteiger partial charge in [0.1, 0.15) is 5.75 Å². The fraction of sp³-hybridized carbons (Fsp3) is 0.368. The van der Waals surface area contributed by atoms with Crippen molar-refractivity contribution in [3.8, 4) is 5.75 Å². The molecule has 0 saturated carbocycles. The van der Waals surface area contributed by atoms with Crippen LogP contribution in [0.5, 0.6) is 5.75 Å². The Morgan fingerprint density at radius 2 is 2.07 bits per heavy atom. The van der Waals surface area contributed by atoms with Crippen LogP contribution in [-0.4, -0.2) is 38.8 Å². The Balaban J connectivity index is 1.63. The Morgan fingerprint density at radius 1 is 1.24 bits per heavy atom. The van der Waals surface area contributed by atoms with Gasteiger partial charge < -0.3 is 15.7 Å². The van der Waals surface area contributed by atoms with Gasteiger partial charge in [0, 0.05) is 30.8 Å². The van der Waals surface area contributed by atoms with Gasteiger partial charge in [-0.15, -0.1) is 0 Å². The zero-order chi connectivity index (χ0) is 20.9. The fourth-order valence-electron chi connectivity index (χ4n) is 2.44. The largest absolute Gasteiger partial charge is 0.506 e. The van der Waals surface area contributed by atoms with Gasteiger partial charge in [0.05, 0.1) is 27.5 Å². The minimum atomic E-state index is -0.476. The summed E-state index contributed by atoms with van der Waals surface area (Å²) < 4.78 is 0. The van der Waals surface area contributed by atoms with Crippen molar-refractivity contribution in [3.63, 3.8) is 0 Å². The molecule has 0 unspecified atom stereocenters. The number of hydrogen-bond donors (Lipinski definition) is 3. The van der Waals surface area contributed by atoms with Gasteiger partial charge in [-0.3, -0.25) is 20.1 Å². The highest BCUT2D eigenvalue weighted by Gasteiger charge is 2.04. The third-order valence-corrected chi connectivity index (χ3v) is 5.18. The van der Waals surface area contributed by atoms with Crippen molar-refractivity contribution >= 4 is 23.4 Å². The first-order chi connectivity index (χ1) is 14.0. The van der Waals surface area contributed by atoms with Crippen LogP contribution in [0.2, 0.25) is 5.02 Å². The standard InChI is InChI=1S/C19H24ClN5O3S/c20-17-4-3-9-21-18(17)5-1-2-8-22-19(13-25(27)28)23-10-11-29-14-15-6-7-16(26)12-24-15/h3-4,6-7,9,12-13,22-23,26H,1-2,5,8,10-11,14H2.